The van der Waals surface area contributed by atoms with Crippen molar-refractivity contribution in [3.63, 3.8) is 0 Å². The van der Waals surface area contributed by atoms with Crippen LogP contribution in [0.2, 0.25) is 0 Å². The molecule has 0 saturated carbocycles. The minimum atomic E-state index is -0.542. The first-order valence-electron chi connectivity index (χ1n) is 7.70. The van der Waals surface area contributed by atoms with Crippen LogP contribution in [0, 0.1) is 17.0 Å². The number of nitrogens with zero attached hydrogens (tertiary/aromatic N) is 5. The van der Waals surface area contributed by atoms with Crippen LogP contribution in [0.5, 0.6) is 0 Å². The van der Waals surface area contributed by atoms with Gasteiger partial charge < -0.3 is 0 Å². The molecule has 9 nitrogen and oxygen atoms in total. The van der Waals surface area contributed by atoms with Crippen LogP contribution in [0.25, 0.3) is 28.3 Å². The summed E-state index contributed by atoms with van der Waals surface area (Å²) in [7, 11) is 0. The summed E-state index contributed by atoms with van der Waals surface area (Å²) in [5, 5.41) is 21.6. The Kier molecular flexibility index (Phi) is 3.54. The summed E-state index contributed by atoms with van der Waals surface area (Å²) >= 11 is 0. The van der Waals surface area contributed by atoms with Gasteiger partial charge in [0.2, 0.25) is 0 Å². The smallest absolute Gasteiger partial charge is 0.258 e. The molecule has 2 aromatic carbocycles. The van der Waals surface area contributed by atoms with Crippen molar-refractivity contribution in [1.82, 2.24) is 24.8 Å². The van der Waals surface area contributed by atoms with E-state index >= 15 is 0 Å². The maximum absolute atomic E-state index is 12.1. The largest absolute Gasteiger partial charge is 0.364 e. The molecule has 4 aromatic rings. The lowest BCUT2D eigenvalue weighted by Crippen LogP contribution is -2.19. The van der Waals surface area contributed by atoms with Crippen molar-refractivity contribution in [2.75, 3.05) is 0 Å². The van der Waals surface area contributed by atoms with E-state index in [0.717, 1.165) is 15.6 Å². The number of nitrogens with one attached hydrogen (secondary N) is 1. The highest BCUT2D eigenvalue weighted by Gasteiger charge is 2.16. The predicted octanol–water partition coefficient (Wildman–Crippen LogP) is 2.36. The number of aryl methyl sites for hydroxylation is 1. The predicted molar refractivity (Wildman–Crippen MR) is 93.7 cm³/mol. The van der Waals surface area contributed by atoms with Gasteiger partial charge in [0.25, 0.3) is 5.69 Å². The van der Waals surface area contributed by atoms with Crippen LogP contribution in [0.1, 0.15) is 5.56 Å². The molecule has 0 fully saturated rings. The third kappa shape index (κ3) is 2.61. The van der Waals surface area contributed by atoms with Crippen molar-refractivity contribution in [3.8, 4) is 22.6 Å². The van der Waals surface area contributed by atoms with Crippen LogP contribution in [-0.2, 0) is 0 Å². The van der Waals surface area contributed by atoms with Gasteiger partial charge in [0.15, 0.2) is 11.5 Å². The molecular formula is C17H12N6O3. The highest BCUT2D eigenvalue weighted by molar-refractivity contribution is 5.75. The van der Waals surface area contributed by atoms with Crippen LogP contribution >= 0.6 is 0 Å². The normalized spacial score (nSPS) is 11.0. The first kappa shape index (κ1) is 15.6. The molecule has 2 aromatic heterocycles. The average Bonchev–Trinajstić information content (AvgIpc) is 3.09. The van der Waals surface area contributed by atoms with Gasteiger partial charge in [0.1, 0.15) is 5.69 Å². The summed E-state index contributed by atoms with van der Waals surface area (Å²) < 4.78 is 1.11. The molecule has 2 heterocycles. The molecule has 1 N–H and O–H groups in total. The maximum atomic E-state index is 12.1. The maximum Gasteiger partial charge on any atom is 0.364 e. The van der Waals surface area contributed by atoms with Gasteiger partial charge in [-0.25, -0.2) is 14.9 Å². The van der Waals surface area contributed by atoms with Crippen molar-refractivity contribution >= 4 is 11.3 Å². The third-order valence-corrected chi connectivity index (χ3v) is 3.91. The summed E-state index contributed by atoms with van der Waals surface area (Å²) in [5.74, 6) is 0.209. The van der Waals surface area contributed by atoms with Gasteiger partial charge in [-0.2, -0.15) is 9.61 Å². The van der Waals surface area contributed by atoms with E-state index in [2.05, 4.69) is 20.3 Å². The number of H-pyrrole nitrogens is 1. The molecule has 0 spiro atoms. The molecule has 4 rings (SSSR count). The van der Waals surface area contributed by atoms with E-state index in [0.29, 0.717) is 11.3 Å². The quantitative estimate of drug-likeness (QED) is 0.448. The average molecular weight is 348 g/mol. The molecule has 0 amide bonds. The highest BCUT2D eigenvalue weighted by atomic mass is 16.6. The number of nitro benzene ring substituents is 1. The molecule has 0 atom stereocenters. The molecule has 0 saturated heterocycles. The van der Waals surface area contributed by atoms with E-state index in [1.807, 2.05) is 31.2 Å². The van der Waals surface area contributed by atoms with Gasteiger partial charge in [-0.1, -0.05) is 42.0 Å². The van der Waals surface area contributed by atoms with Gasteiger partial charge in [0, 0.05) is 23.3 Å². The summed E-state index contributed by atoms with van der Waals surface area (Å²) in [4.78, 5) is 26.9. The zero-order valence-corrected chi connectivity index (χ0v) is 13.6. The Bertz CT molecular complexity index is 1190. The lowest BCUT2D eigenvalue weighted by molar-refractivity contribution is -0.384. The first-order valence-corrected chi connectivity index (χ1v) is 7.70. The number of aromatic nitrogens is 5. The Morgan fingerprint density at radius 2 is 1.88 bits per heavy atom. The number of fused-ring (bicyclic) bond motifs is 1. The van der Waals surface area contributed by atoms with Gasteiger partial charge in [-0.15, -0.1) is 5.10 Å². The Morgan fingerprint density at radius 3 is 2.62 bits per heavy atom. The van der Waals surface area contributed by atoms with E-state index < -0.39 is 10.6 Å². The Morgan fingerprint density at radius 1 is 1.12 bits per heavy atom. The minimum absolute atomic E-state index is 0.0767. The van der Waals surface area contributed by atoms with Crippen LogP contribution in [0.4, 0.5) is 5.69 Å². The lowest BCUT2D eigenvalue weighted by Gasteiger charge is -2.01. The highest BCUT2D eigenvalue weighted by Crippen LogP contribution is 2.24. The fraction of sp³-hybridized carbons (Fsp3) is 0.0588. The molecule has 0 unspecified atom stereocenters. The Balaban J connectivity index is 1.92. The SMILES string of the molecule is Cc1ccc(-c2n[nH]c(=O)n3nc(-c4cccc([N+](=O)[O-])c4)nc23)cc1. The van der Waals surface area contributed by atoms with Crippen molar-refractivity contribution < 1.29 is 4.92 Å². The van der Waals surface area contributed by atoms with Crippen LogP contribution < -0.4 is 5.69 Å². The van der Waals surface area contributed by atoms with Gasteiger partial charge >= 0.3 is 5.69 Å². The van der Waals surface area contributed by atoms with Gasteiger partial charge in [0.05, 0.1) is 4.92 Å². The van der Waals surface area contributed by atoms with Crippen LogP contribution in [0.3, 0.4) is 0 Å². The van der Waals surface area contributed by atoms with Gasteiger partial charge in [-0.3, -0.25) is 10.1 Å². The van der Waals surface area contributed by atoms with Crippen molar-refractivity contribution in [2.24, 2.45) is 0 Å². The van der Waals surface area contributed by atoms with Crippen molar-refractivity contribution in [1.29, 1.82) is 0 Å². The topological polar surface area (TPSA) is 119 Å². The van der Waals surface area contributed by atoms with Crippen molar-refractivity contribution in [2.45, 2.75) is 6.92 Å². The molecule has 0 aliphatic rings. The first-order chi connectivity index (χ1) is 12.5. The molecule has 128 valence electrons. The molecular weight excluding hydrogens is 336 g/mol. The third-order valence-electron chi connectivity index (χ3n) is 3.91. The number of aromatic amines is 1. The van der Waals surface area contributed by atoms with Gasteiger partial charge in [-0.05, 0) is 6.92 Å². The fourth-order valence-corrected chi connectivity index (χ4v) is 2.59. The number of non-ortho nitro benzene ring substituents is 1. The Labute approximate surface area is 146 Å². The van der Waals surface area contributed by atoms with E-state index in [-0.39, 0.29) is 17.2 Å². The van der Waals surface area contributed by atoms with Crippen LogP contribution in [0.15, 0.2) is 53.3 Å². The van der Waals surface area contributed by atoms with E-state index in [9.17, 15) is 14.9 Å². The minimum Gasteiger partial charge on any atom is -0.258 e. The van der Waals surface area contributed by atoms with E-state index in [1.165, 1.54) is 12.1 Å². The summed E-state index contributed by atoms with van der Waals surface area (Å²) in [6, 6.07) is 13.5. The summed E-state index contributed by atoms with van der Waals surface area (Å²) in [6.07, 6.45) is 0. The molecule has 0 radical (unpaired) electrons. The number of rotatable bonds is 3. The number of nitro groups is 1. The summed E-state index contributed by atoms with van der Waals surface area (Å²) in [6.45, 7) is 1.97. The molecule has 0 aliphatic carbocycles. The Hall–Kier alpha value is -3.88. The summed E-state index contributed by atoms with van der Waals surface area (Å²) in [5.41, 5.74) is 2.43. The standard InChI is InChI=1S/C17H12N6O3/c1-10-5-7-11(8-6-10)14-16-18-15(21-22(16)17(24)20-19-14)12-3-2-4-13(9-12)23(25)26/h2-9H,1H3,(H,20,24). The second-order valence-electron chi connectivity index (χ2n) is 5.72. The zero-order valence-electron chi connectivity index (χ0n) is 13.6. The number of hydrogen-bond acceptors (Lipinski definition) is 6. The lowest BCUT2D eigenvalue weighted by atomic mass is 10.1. The monoisotopic (exact) mass is 348 g/mol. The zero-order chi connectivity index (χ0) is 18.3. The molecule has 26 heavy (non-hydrogen) atoms. The fourth-order valence-electron chi connectivity index (χ4n) is 2.59. The molecule has 0 aliphatic heterocycles. The second kappa shape index (κ2) is 5.88. The second-order valence-corrected chi connectivity index (χ2v) is 5.72. The van der Waals surface area contributed by atoms with Crippen LogP contribution in [-0.4, -0.2) is 29.7 Å². The van der Waals surface area contributed by atoms with Crippen molar-refractivity contribution in [3.05, 3.63) is 74.7 Å². The number of benzene rings is 2. The molecule has 9 heteroatoms. The number of hydrogen-bond donors (Lipinski definition) is 1. The van der Waals surface area contributed by atoms with E-state index in [1.54, 1.807) is 12.1 Å². The molecule has 0 bridgehead atoms. The van der Waals surface area contributed by atoms with E-state index in [4.69, 9.17) is 0 Å².